The fourth-order valence-corrected chi connectivity index (χ4v) is 3.69. The molecule has 1 saturated carbocycles. The van der Waals surface area contributed by atoms with Crippen LogP contribution < -0.4 is 5.43 Å². The fraction of sp³-hybridized carbons (Fsp3) is 0.280. The number of hydrazone groups is 1. The second-order valence-electron chi connectivity index (χ2n) is 8.62. The maximum absolute atomic E-state index is 12.4. The molecule has 0 bridgehead atoms. The molecule has 3 aromatic rings. The molecule has 4 rings (SSSR count). The van der Waals surface area contributed by atoms with Crippen molar-refractivity contribution in [1.82, 2.24) is 5.43 Å². The van der Waals surface area contributed by atoms with Crippen molar-refractivity contribution in [2.45, 2.75) is 38.5 Å². The monoisotopic (exact) mass is 370 g/mol. The highest BCUT2D eigenvalue weighted by atomic mass is 16.2. The van der Waals surface area contributed by atoms with E-state index in [0.29, 0.717) is 5.92 Å². The summed E-state index contributed by atoms with van der Waals surface area (Å²) in [5.41, 5.74) is 6.43. The first kappa shape index (κ1) is 18.4. The van der Waals surface area contributed by atoms with Gasteiger partial charge < -0.3 is 0 Å². The molecule has 3 nitrogen and oxygen atoms in total. The highest BCUT2D eigenvalue weighted by molar-refractivity contribution is 6.00. The molecule has 3 aromatic carbocycles. The van der Waals surface area contributed by atoms with Gasteiger partial charge in [-0.15, -0.1) is 0 Å². The molecule has 0 unspecified atom stereocenters. The molecular weight excluding hydrogens is 344 g/mol. The van der Waals surface area contributed by atoms with Crippen molar-refractivity contribution in [3.05, 3.63) is 83.4 Å². The third-order valence-corrected chi connectivity index (χ3v) is 5.53. The van der Waals surface area contributed by atoms with E-state index in [-0.39, 0.29) is 17.2 Å². The van der Waals surface area contributed by atoms with Gasteiger partial charge in [0.2, 0.25) is 5.91 Å². The van der Waals surface area contributed by atoms with Crippen molar-refractivity contribution >= 4 is 22.9 Å². The molecule has 0 spiro atoms. The van der Waals surface area contributed by atoms with E-state index in [1.165, 1.54) is 16.5 Å². The quantitative estimate of drug-likeness (QED) is 0.485. The molecular formula is C25H26N2O. The minimum Gasteiger partial charge on any atom is -0.273 e. The molecule has 0 aromatic heterocycles. The van der Waals surface area contributed by atoms with Gasteiger partial charge in [-0.25, -0.2) is 5.43 Å². The zero-order valence-corrected chi connectivity index (χ0v) is 16.6. The lowest BCUT2D eigenvalue weighted by atomic mass is 9.86. The van der Waals surface area contributed by atoms with Crippen LogP contribution in [-0.4, -0.2) is 12.1 Å². The number of hydrogen-bond donors (Lipinski definition) is 1. The van der Waals surface area contributed by atoms with Gasteiger partial charge in [0.15, 0.2) is 0 Å². The van der Waals surface area contributed by atoms with E-state index >= 15 is 0 Å². The van der Waals surface area contributed by atoms with Gasteiger partial charge in [0.05, 0.1) is 6.21 Å². The first-order valence-electron chi connectivity index (χ1n) is 9.84. The molecule has 1 N–H and O–H groups in total. The number of carbonyl (C=O) groups excluding carboxylic acids is 1. The largest absolute Gasteiger partial charge is 0.273 e. The SMILES string of the molecule is CC(C)(C)c1ccc([C@@H]2C[C@H]2C(=O)N/N=C\c2cccc3ccccc23)cc1. The second-order valence-corrected chi connectivity index (χ2v) is 8.62. The standard InChI is InChI=1S/C25H26N2O/c1-25(2,3)20-13-11-18(12-14-20)22-15-23(22)24(28)27-26-16-19-9-6-8-17-7-4-5-10-21(17)19/h4-14,16,22-23H,15H2,1-3H3,(H,27,28)/b26-16-/t22-,23+/m0/s1. The van der Waals surface area contributed by atoms with Crippen LogP contribution in [-0.2, 0) is 10.2 Å². The maximum atomic E-state index is 12.4. The summed E-state index contributed by atoms with van der Waals surface area (Å²) in [5.74, 6) is 0.327. The molecule has 3 heteroatoms. The van der Waals surface area contributed by atoms with E-state index in [1.807, 2.05) is 24.3 Å². The predicted molar refractivity (Wildman–Crippen MR) is 116 cm³/mol. The van der Waals surface area contributed by atoms with Crippen molar-refractivity contribution < 1.29 is 4.79 Å². The Hall–Kier alpha value is -2.94. The highest BCUT2D eigenvalue weighted by Crippen LogP contribution is 2.47. The van der Waals surface area contributed by atoms with Crippen LogP contribution in [0.2, 0.25) is 0 Å². The van der Waals surface area contributed by atoms with Crippen molar-refractivity contribution in [3.63, 3.8) is 0 Å². The lowest BCUT2D eigenvalue weighted by Crippen LogP contribution is -2.20. The Morgan fingerprint density at radius 3 is 2.46 bits per heavy atom. The minimum atomic E-state index is 0.00128. The summed E-state index contributed by atoms with van der Waals surface area (Å²) in [7, 11) is 0. The van der Waals surface area contributed by atoms with E-state index < -0.39 is 0 Å². The van der Waals surface area contributed by atoms with Crippen LogP contribution in [0, 0.1) is 5.92 Å². The molecule has 142 valence electrons. The zero-order valence-electron chi connectivity index (χ0n) is 16.6. The van der Waals surface area contributed by atoms with Crippen molar-refractivity contribution in [2.24, 2.45) is 11.0 Å². The van der Waals surface area contributed by atoms with Gasteiger partial charge in [-0.3, -0.25) is 4.79 Å². The molecule has 1 aliphatic rings. The van der Waals surface area contributed by atoms with Gasteiger partial charge in [0, 0.05) is 11.5 Å². The third-order valence-electron chi connectivity index (χ3n) is 5.53. The van der Waals surface area contributed by atoms with Gasteiger partial charge in [-0.2, -0.15) is 5.10 Å². The van der Waals surface area contributed by atoms with Gasteiger partial charge in [-0.05, 0) is 39.7 Å². The Morgan fingerprint density at radius 1 is 1.00 bits per heavy atom. The maximum Gasteiger partial charge on any atom is 0.243 e. The van der Waals surface area contributed by atoms with Crippen LogP contribution in [0.3, 0.4) is 0 Å². The van der Waals surface area contributed by atoms with E-state index in [2.05, 4.69) is 73.8 Å². The Bertz CT molecular complexity index is 1020. The average Bonchev–Trinajstić information content (AvgIpc) is 3.48. The third kappa shape index (κ3) is 3.84. The Balaban J connectivity index is 1.38. The van der Waals surface area contributed by atoms with Crippen molar-refractivity contribution in [1.29, 1.82) is 0 Å². The number of amides is 1. The lowest BCUT2D eigenvalue weighted by Gasteiger charge is -2.19. The molecule has 0 saturated heterocycles. The van der Waals surface area contributed by atoms with E-state index in [0.717, 1.165) is 17.4 Å². The zero-order chi connectivity index (χ0) is 19.7. The Morgan fingerprint density at radius 2 is 1.71 bits per heavy atom. The Kier molecular flexibility index (Phi) is 4.76. The second kappa shape index (κ2) is 7.23. The summed E-state index contributed by atoms with van der Waals surface area (Å²) in [4.78, 5) is 12.4. The smallest absolute Gasteiger partial charge is 0.243 e. The normalized spacial score (nSPS) is 19.1. The number of fused-ring (bicyclic) bond motifs is 1. The summed E-state index contributed by atoms with van der Waals surface area (Å²) in [6.45, 7) is 6.63. The Labute approximate surface area is 166 Å². The average molecular weight is 370 g/mol. The lowest BCUT2D eigenvalue weighted by molar-refractivity contribution is -0.122. The predicted octanol–water partition coefficient (Wildman–Crippen LogP) is 5.39. The summed E-state index contributed by atoms with van der Waals surface area (Å²) in [5, 5.41) is 6.50. The molecule has 1 amide bonds. The summed E-state index contributed by atoms with van der Waals surface area (Å²) in [6, 6.07) is 23.0. The van der Waals surface area contributed by atoms with Gasteiger partial charge >= 0.3 is 0 Å². The molecule has 1 aliphatic carbocycles. The summed E-state index contributed by atoms with van der Waals surface area (Å²) >= 11 is 0. The van der Waals surface area contributed by atoms with Gasteiger partial charge in [0.1, 0.15) is 0 Å². The van der Waals surface area contributed by atoms with Gasteiger partial charge in [-0.1, -0.05) is 87.5 Å². The van der Waals surface area contributed by atoms with Crippen LogP contribution in [0.1, 0.15) is 49.8 Å². The van der Waals surface area contributed by atoms with Crippen LogP contribution in [0.15, 0.2) is 71.8 Å². The highest BCUT2D eigenvalue weighted by Gasteiger charge is 2.43. The van der Waals surface area contributed by atoms with E-state index in [4.69, 9.17) is 0 Å². The molecule has 0 aliphatic heterocycles. The number of rotatable bonds is 4. The first-order chi connectivity index (χ1) is 13.4. The van der Waals surface area contributed by atoms with Crippen molar-refractivity contribution in [2.75, 3.05) is 0 Å². The van der Waals surface area contributed by atoms with E-state index in [1.54, 1.807) is 6.21 Å². The molecule has 2 atom stereocenters. The molecule has 0 heterocycles. The fourth-order valence-electron chi connectivity index (χ4n) is 3.69. The number of nitrogens with one attached hydrogen (secondary N) is 1. The van der Waals surface area contributed by atoms with Crippen LogP contribution in [0.5, 0.6) is 0 Å². The first-order valence-corrected chi connectivity index (χ1v) is 9.84. The number of benzene rings is 3. The van der Waals surface area contributed by atoms with Gasteiger partial charge in [0.25, 0.3) is 0 Å². The molecule has 1 fully saturated rings. The molecule has 28 heavy (non-hydrogen) atoms. The minimum absolute atomic E-state index is 0.00128. The van der Waals surface area contributed by atoms with Crippen LogP contribution >= 0.6 is 0 Å². The van der Waals surface area contributed by atoms with Crippen LogP contribution in [0.4, 0.5) is 0 Å². The summed E-state index contributed by atoms with van der Waals surface area (Å²) < 4.78 is 0. The van der Waals surface area contributed by atoms with E-state index in [9.17, 15) is 4.79 Å². The summed E-state index contributed by atoms with van der Waals surface area (Å²) in [6.07, 6.45) is 2.63. The number of hydrogen-bond acceptors (Lipinski definition) is 2. The molecule has 0 radical (unpaired) electrons. The topological polar surface area (TPSA) is 41.5 Å². The van der Waals surface area contributed by atoms with Crippen LogP contribution in [0.25, 0.3) is 10.8 Å². The number of nitrogens with zero attached hydrogens (tertiary/aromatic N) is 1. The number of carbonyl (C=O) groups is 1. The van der Waals surface area contributed by atoms with Crippen molar-refractivity contribution in [3.8, 4) is 0 Å².